The Bertz CT molecular complexity index is 735. The smallest absolute Gasteiger partial charge is 0.317 e. The van der Waals surface area contributed by atoms with Gasteiger partial charge >= 0.3 is 5.97 Å². The van der Waals surface area contributed by atoms with Crippen molar-refractivity contribution in [3.8, 4) is 5.69 Å². The van der Waals surface area contributed by atoms with Gasteiger partial charge in [0.25, 0.3) is 5.91 Å². The van der Waals surface area contributed by atoms with Crippen LogP contribution in [0.5, 0.6) is 0 Å². The minimum absolute atomic E-state index is 0.0179. The van der Waals surface area contributed by atoms with Gasteiger partial charge in [-0.3, -0.25) is 14.2 Å². The fourth-order valence-electron chi connectivity index (χ4n) is 1.64. The van der Waals surface area contributed by atoms with Gasteiger partial charge in [-0.05, 0) is 31.5 Å². The third kappa shape index (κ3) is 4.46. The van der Waals surface area contributed by atoms with Crippen molar-refractivity contribution in [1.29, 1.82) is 0 Å². The largest absolute Gasteiger partial charge is 0.452 e. The molecule has 0 bridgehead atoms. The molecule has 1 amide bonds. The average Bonchev–Trinajstić information content (AvgIpc) is 2.96. The molecule has 0 aliphatic carbocycles. The van der Waals surface area contributed by atoms with Crippen LogP contribution in [0.4, 0.5) is 0 Å². The summed E-state index contributed by atoms with van der Waals surface area (Å²) in [5, 5.41) is 8.94. The lowest BCUT2D eigenvalue weighted by atomic mass is 10.2. The maximum atomic E-state index is 11.7. The van der Waals surface area contributed by atoms with Crippen LogP contribution in [0.2, 0.25) is 5.02 Å². The van der Waals surface area contributed by atoms with E-state index in [1.54, 1.807) is 10.6 Å². The van der Waals surface area contributed by atoms with Gasteiger partial charge in [-0.2, -0.15) is 0 Å². The van der Waals surface area contributed by atoms with Gasteiger partial charge in [-0.1, -0.05) is 29.4 Å². The molecule has 0 radical (unpaired) electrons. The summed E-state index contributed by atoms with van der Waals surface area (Å²) in [4.78, 5) is 22.5. The van der Waals surface area contributed by atoms with E-state index in [1.165, 1.54) is 13.3 Å². The number of nitrogens with two attached hydrogens (primary N) is 1. The van der Waals surface area contributed by atoms with Crippen LogP contribution in [-0.2, 0) is 14.3 Å². The lowest BCUT2D eigenvalue weighted by Gasteiger charge is -2.10. The Kier molecular flexibility index (Phi) is 5.62. The number of primary amides is 1. The van der Waals surface area contributed by atoms with Gasteiger partial charge < -0.3 is 10.5 Å². The van der Waals surface area contributed by atoms with Crippen molar-refractivity contribution >= 4 is 35.2 Å². The molecule has 7 nitrogen and oxygen atoms in total. The molecule has 2 rings (SSSR count). The van der Waals surface area contributed by atoms with E-state index in [-0.39, 0.29) is 5.75 Å². The predicted octanol–water partition coefficient (Wildman–Crippen LogP) is 1.74. The summed E-state index contributed by atoms with van der Waals surface area (Å²) < 4.78 is 6.59. The summed E-state index contributed by atoms with van der Waals surface area (Å²) in [6.45, 7) is 3.32. The van der Waals surface area contributed by atoms with Crippen molar-refractivity contribution < 1.29 is 14.3 Å². The van der Waals surface area contributed by atoms with Crippen LogP contribution < -0.4 is 5.73 Å². The number of carbonyl (C=O) groups is 2. The van der Waals surface area contributed by atoms with Gasteiger partial charge in [-0.15, -0.1) is 10.2 Å². The third-order valence-corrected chi connectivity index (χ3v) is 4.30. The Morgan fingerprint density at radius 1 is 1.48 bits per heavy atom. The van der Waals surface area contributed by atoms with Gasteiger partial charge in [0.05, 0.1) is 11.4 Å². The molecule has 0 saturated heterocycles. The minimum atomic E-state index is -0.961. The molecule has 122 valence electrons. The zero-order chi connectivity index (χ0) is 17.0. The molecule has 1 heterocycles. The third-order valence-electron chi connectivity index (χ3n) is 2.98. The fraction of sp³-hybridized carbons (Fsp3) is 0.286. The Morgan fingerprint density at radius 3 is 2.87 bits per heavy atom. The second kappa shape index (κ2) is 7.47. The lowest BCUT2D eigenvalue weighted by molar-refractivity contribution is -0.151. The van der Waals surface area contributed by atoms with E-state index in [0.717, 1.165) is 23.0 Å². The number of carbonyl (C=O) groups excluding carboxylic acids is 2. The van der Waals surface area contributed by atoms with E-state index in [1.807, 2.05) is 19.1 Å². The number of aromatic nitrogens is 3. The van der Waals surface area contributed by atoms with E-state index in [9.17, 15) is 9.59 Å². The number of nitrogens with zero attached hydrogens (tertiary/aromatic N) is 3. The SMILES string of the molecule is Cc1ccc(-n2cnnc2SCC(=O)OC(C)C(N)=O)cc1Cl. The van der Waals surface area contributed by atoms with E-state index in [0.29, 0.717) is 10.2 Å². The predicted molar refractivity (Wildman–Crippen MR) is 86.6 cm³/mol. The van der Waals surface area contributed by atoms with E-state index in [2.05, 4.69) is 10.2 Å². The molecule has 1 aromatic carbocycles. The van der Waals surface area contributed by atoms with Crippen molar-refractivity contribution in [2.75, 3.05) is 5.75 Å². The number of rotatable bonds is 6. The lowest BCUT2D eigenvalue weighted by Crippen LogP contribution is -2.31. The Hall–Kier alpha value is -2.06. The monoisotopic (exact) mass is 354 g/mol. The first-order valence-electron chi connectivity index (χ1n) is 6.66. The molecule has 2 N–H and O–H groups in total. The molecule has 1 unspecified atom stereocenters. The van der Waals surface area contributed by atoms with Gasteiger partial charge in [0, 0.05) is 5.02 Å². The molecule has 1 atom stereocenters. The number of amides is 1. The first-order chi connectivity index (χ1) is 10.9. The highest BCUT2D eigenvalue weighted by atomic mass is 35.5. The highest BCUT2D eigenvalue weighted by molar-refractivity contribution is 7.99. The maximum Gasteiger partial charge on any atom is 0.317 e. The van der Waals surface area contributed by atoms with Crippen LogP contribution in [0.15, 0.2) is 29.7 Å². The van der Waals surface area contributed by atoms with E-state index >= 15 is 0 Å². The topological polar surface area (TPSA) is 100 Å². The molecule has 9 heteroatoms. The van der Waals surface area contributed by atoms with Crippen LogP contribution in [0, 0.1) is 6.92 Å². The van der Waals surface area contributed by atoms with Crippen molar-refractivity contribution in [2.24, 2.45) is 5.73 Å². The molecule has 2 aromatic rings. The van der Waals surface area contributed by atoms with E-state index < -0.39 is 18.0 Å². The molecule has 0 saturated carbocycles. The number of benzene rings is 1. The molecule has 0 aliphatic rings. The number of aryl methyl sites for hydroxylation is 1. The number of hydrogen-bond donors (Lipinski definition) is 1. The summed E-state index contributed by atoms with van der Waals surface area (Å²) in [6, 6.07) is 5.55. The zero-order valence-corrected chi connectivity index (χ0v) is 14.1. The molecule has 0 spiro atoms. The van der Waals surface area contributed by atoms with Crippen LogP contribution in [0.25, 0.3) is 5.69 Å². The Labute approximate surface area is 142 Å². The Morgan fingerprint density at radius 2 is 2.22 bits per heavy atom. The summed E-state index contributed by atoms with van der Waals surface area (Å²) >= 11 is 7.26. The number of esters is 1. The number of halogens is 1. The molecule has 23 heavy (non-hydrogen) atoms. The first-order valence-corrected chi connectivity index (χ1v) is 8.03. The first kappa shape index (κ1) is 17.3. The molecule has 1 aromatic heterocycles. The van der Waals surface area contributed by atoms with Crippen LogP contribution in [-0.4, -0.2) is 38.5 Å². The molecule has 0 aliphatic heterocycles. The van der Waals surface area contributed by atoms with Crippen molar-refractivity contribution in [3.63, 3.8) is 0 Å². The minimum Gasteiger partial charge on any atom is -0.452 e. The van der Waals surface area contributed by atoms with Crippen molar-refractivity contribution in [3.05, 3.63) is 35.1 Å². The van der Waals surface area contributed by atoms with E-state index in [4.69, 9.17) is 22.1 Å². The summed E-state index contributed by atoms with van der Waals surface area (Å²) in [5.74, 6) is -1.27. The van der Waals surface area contributed by atoms with Gasteiger partial charge in [-0.25, -0.2) is 0 Å². The molecular weight excluding hydrogens is 340 g/mol. The number of thioether (sulfide) groups is 1. The summed E-state index contributed by atoms with van der Waals surface area (Å²) in [5.41, 5.74) is 6.78. The molecule has 0 fully saturated rings. The zero-order valence-electron chi connectivity index (χ0n) is 12.5. The maximum absolute atomic E-state index is 11.7. The van der Waals surface area contributed by atoms with Crippen LogP contribution in [0.1, 0.15) is 12.5 Å². The van der Waals surface area contributed by atoms with Crippen molar-refractivity contribution in [2.45, 2.75) is 25.1 Å². The van der Waals surface area contributed by atoms with Crippen LogP contribution in [0.3, 0.4) is 0 Å². The van der Waals surface area contributed by atoms with Gasteiger partial charge in [0.15, 0.2) is 11.3 Å². The molecular formula is C14H15ClN4O3S. The second-order valence-electron chi connectivity index (χ2n) is 4.74. The van der Waals surface area contributed by atoms with Gasteiger partial charge in [0.2, 0.25) is 0 Å². The Balaban J connectivity index is 2.05. The summed E-state index contributed by atoms with van der Waals surface area (Å²) in [7, 11) is 0. The number of ether oxygens (including phenoxy) is 1. The normalized spacial score (nSPS) is 12.0. The second-order valence-corrected chi connectivity index (χ2v) is 6.09. The highest BCUT2D eigenvalue weighted by Gasteiger charge is 2.16. The highest BCUT2D eigenvalue weighted by Crippen LogP contribution is 2.23. The fourth-order valence-corrected chi connectivity index (χ4v) is 2.53. The average molecular weight is 355 g/mol. The standard InChI is InChI=1S/C14H15ClN4O3S/c1-8-3-4-10(5-11(8)15)19-7-17-18-14(19)23-6-12(20)22-9(2)13(16)21/h3-5,7,9H,6H2,1-2H3,(H2,16,21). The quantitative estimate of drug-likeness (QED) is 0.626. The van der Waals surface area contributed by atoms with Crippen molar-refractivity contribution in [1.82, 2.24) is 14.8 Å². The van der Waals surface area contributed by atoms with Gasteiger partial charge in [0.1, 0.15) is 6.33 Å². The van der Waals surface area contributed by atoms with Crippen LogP contribution >= 0.6 is 23.4 Å². The summed E-state index contributed by atoms with van der Waals surface area (Å²) in [6.07, 6.45) is 0.567. The number of hydrogen-bond acceptors (Lipinski definition) is 6.